The lowest BCUT2D eigenvalue weighted by molar-refractivity contribution is -0.143. The summed E-state index contributed by atoms with van der Waals surface area (Å²) in [6.45, 7) is 11.4. The summed E-state index contributed by atoms with van der Waals surface area (Å²) in [7, 11) is 1.44. The molecule has 0 N–H and O–H groups in total. The predicted octanol–water partition coefficient (Wildman–Crippen LogP) is 4.08. The maximum Gasteiger partial charge on any atom is 0.303 e. The van der Waals surface area contributed by atoms with Crippen LogP contribution in [0.25, 0.3) is 0 Å². The zero-order valence-corrected chi connectivity index (χ0v) is 17.9. The van der Waals surface area contributed by atoms with E-state index in [1.807, 2.05) is 26.8 Å². The first-order valence-corrected chi connectivity index (χ1v) is 9.98. The molecule has 0 aromatic rings. The third-order valence-corrected chi connectivity index (χ3v) is 6.47. The summed E-state index contributed by atoms with van der Waals surface area (Å²) in [5.41, 5.74) is 1.48. The van der Waals surface area contributed by atoms with Crippen molar-refractivity contribution in [2.24, 2.45) is 16.7 Å². The first-order valence-electron chi connectivity index (χ1n) is 9.98. The second-order valence-corrected chi connectivity index (χ2v) is 9.23. The van der Waals surface area contributed by atoms with Gasteiger partial charge in [-0.05, 0) is 30.3 Å². The van der Waals surface area contributed by atoms with Gasteiger partial charge in [-0.25, -0.2) is 0 Å². The molecule has 3 aliphatic carbocycles. The Kier molecular flexibility index (Phi) is 4.93. The minimum absolute atomic E-state index is 0.131. The molecule has 0 unspecified atom stereocenters. The van der Waals surface area contributed by atoms with Gasteiger partial charge in [-0.3, -0.25) is 14.4 Å². The Morgan fingerprint density at radius 3 is 2.32 bits per heavy atom. The van der Waals surface area contributed by atoms with Gasteiger partial charge in [-0.15, -0.1) is 0 Å². The lowest BCUT2D eigenvalue weighted by Gasteiger charge is -2.51. The molecule has 0 saturated heterocycles. The summed E-state index contributed by atoms with van der Waals surface area (Å²) in [6, 6.07) is 0. The van der Waals surface area contributed by atoms with Crippen LogP contribution in [0.2, 0.25) is 0 Å². The maximum atomic E-state index is 13.6. The van der Waals surface area contributed by atoms with Gasteiger partial charge in [0, 0.05) is 23.5 Å². The number of carbonyl (C=O) groups is 3. The van der Waals surface area contributed by atoms with E-state index in [4.69, 9.17) is 9.47 Å². The molecular formula is C23H30O5. The second-order valence-electron chi connectivity index (χ2n) is 9.23. The fraction of sp³-hybridized carbons (Fsp3) is 0.609. The Bertz CT molecular complexity index is 852. The van der Waals surface area contributed by atoms with E-state index in [0.717, 1.165) is 24.8 Å². The molecule has 3 aliphatic rings. The predicted molar refractivity (Wildman–Crippen MR) is 105 cm³/mol. The summed E-state index contributed by atoms with van der Waals surface area (Å²) >= 11 is 0. The quantitative estimate of drug-likeness (QED) is 0.415. The normalized spacial score (nSPS) is 29.4. The third-order valence-electron chi connectivity index (χ3n) is 6.47. The van der Waals surface area contributed by atoms with Crippen LogP contribution >= 0.6 is 0 Å². The van der Waals surface area contributed by atoms with Crippen LogP contribution < -0.4 is 0 Å². The molecule has 0 bridgehead atoms. The molecule has 0 spiro atoms. The zero-order valence-electron chi connectivity index (χ0n) is 17.9. The number of ketones is 2. The number of methoxy groups -OCH3 is 1. The summed E-state index contributed by atoms with van der Waals surface area (Å²) in [4.78, 5) is 38.9. The van der Waals surface area contributed by atoms with Crippen molar-refractivity contribution >= 4 is 17.5 Å². The van der Waals surface area contributed by atoms with Gasteiger partial charge in [0.25, 0.3) is 0 Å². The van der Waals surface area contributed by atoms with Gasteiger partial charge in [-0.1, -0.05) is 46.6 Å². The highest BCUT2D eigenvalue weighted by Crippen LogP contribution is 2.59. The Morgan fingerprint density at radius 2 is 1.79 bits per heavy atom. The molecule has 1 fully saturated rings. The molecule has 0 aromatic heterocycles. The standard InChI is InChI=1S/C23H30O5/c1-12(2)16-19(25)17-14(28-13(3)24)11-15-22(4,5)9-8-10-23(15,6)18(17)20(26)21(16)27-7/h11-12,14H,8-10H2,1-7H3/t14-,23+/m1/s1. The lowest BCUT2D eigenvalue weighted by Crippen LogP contribution is -2.47. The van der Waals surface area contributed by atoms with Gasteiger partial charge in [0.15, 0.2) is 11.5 Å². The Hall–Kier alpha value is -2.17. The number of carbonyl (C=O) groups excluding carboxylic acids is 3. The highest BCUT2D eigenvalue weighted by atomic mass is 16.5. The van der Waals surface area contributed by atoms with Crippen molar-refractivity contribution in [3.8, 4) is 0 Å². The molecule has 0 radical (unpaired) electrons. The molecule has 152 valence electrons. The van der Waals surface area contributed by atoms with Crippen LogP contribution in [0.3, 0.4) is 0 Å². The van der Waals surface area contributed by atoms with Crippen LogP contribution in [0.5, 0.6) is 0 Å². The van der Waals surface area contributed by atoms with Gasteiger partial charge in [0.05, 0.1) is 12.7 Å². The van der Waals surface area contributed by atoms with E-state index in [-0.39, 0.29) is 28.7 Å². The van der Waals surface area contributed by atoms with Crippen LogP contribution in [-0.4, -0.2) is 30.7 Å². The molecule has 3 rings (SSSR count). The highest BCUT2D eigenvalue weighted by molar-refractivity contribution is 6.26. The fourth-order valence-electron chi connectivity index (χ4n) is 5.34. The van der Waals surface area contributed by atoms with Gasteiger partial charge in [0.1, 0.15) is 6.10 Å². The summed E-state index contributed by atoms with van der Waals surface area (Å²) < 4.78 is 11.0. The Morgan fingerprint density at radius 1 is 1.14 bits per heavy atom. The van der Waals surface area contributed by atoms with E-state index in [9.17, 15) is 14.4 Å². The number of rotatable bonds is 3. The second kappa shape index (κ2) is 6.71. The minimum Gasteiger partial charge on any atom is -0.492 e. The van der Waals surface area contributed by atoms with Crippen LogP contribution in [0.15, 0.2) is 34.1 Å². The number of fused-ring (bicyclic) bond motifs is 2. The highest BCUT2D eigenvalue weighted by Gasteiger charge is 2.54. The Balaban J connectivity index is 2.29. The van der Waals surface area contributed by atoms with Gasteiger partial charge < -0.3 is 9.47 Å². The molecule has 0 amide bonds. The van der Waals surface area contributed by atoms with Crippen LogP contribution in [-0.2, 0) is 23.9 Å². The SMILES string of the molecule is COC1=C(C(C)C)C(=O)C2=C(C1=O)[C@@]1(C)CCCC(C)(C)C1=C[C@H]2OC(C)=O. The van der Waals surface area contributed by atoms with Crippen LogP contribution in [0, 0.1) is 16.7 Å². The van der Waals surface area contributed by atoms with E-state index in [1.165, 1.54) is 14.0 Å². The van der Waals surface area contributed by atoms with Crippen LogP contribution in [0.1, 0.15) is 60.8 Å². The zero-order chi connectivity index (χ0) is 21.0. The largest absolute Gasteiger partial charge is 0.492 e. The van der Waals surface area contributed by atoms with Crippen LogP contribution in [0.4, 0.5) is 0 Å². The van der Waals surface area contributed by atoms with E-state index in [0.29, 0.717) is 16.7 Å². The average molecular weight is 386 g/mol. The first-order chi connectivity index (χ1) is 13.0. The van der Waals surface area contributed by atoms with E-state index < -0.39 is 17.5 Å². The topological polar surface area (TPSA) is 69.7 Å². The van der Waals surface area contributed by atoms with Crippen molar-refractivity contribution in [1.29, 1.82) is 0 Å². The fourth-order valence-corrected chi connectivity index (χ4v) is 5.34. The third kappa shape index (κ3) is 2.87. The first kappa shape index (κ1) is 20.6. The number of hydrogen-bond donors (Lipinski definition) is 0. The molecule has 0 heterocycles. The minimum atomic E-state index is -0.837. The van der Waals surface area contributed by atoms with Crippen molar-refractivity contribution < 1.29 is 23.9 Å². The van der Waals surface area contributed by atoms with Crippen molar-refractivity contribution in [1.82, 2.24) is 0 Å². The molecular weight excluding hydrogens is 356 g/mol. The monoisotopic (exact) mass is 386 g/mol. The maximum absolute atomic E-state index is 13.6. The summed E-state index contributed by atoms with van der Waals surface area (Å²) in [5, 5.41) is 0. The van der Waals surface area contributed by atoms with Crippen molar-refractivity contribution in [3.63, 3.8) is 0 Å². The number of ether oxygens (including phenoxy) is 2. The average Bonchev–Trinajstić information content (AvgIpc) is 2.56. The van der Waals surface area contributed by atoms with Gasteiger partial charge in [-0.2, -0.15) is 0 Å². The molecule has 1 saturated carbocycles. The number of hydrogen-bond acceptors (Lipinski definition) is 5. The van der Waals surface area contributed by atoms with Crippen molar-refractivity contribution in [2.45, 2.75) is 66.9 Å². The summed E-state index contributed by atoms with van der Waals surface area (Å²) in [5.74, 6) is -1.01. The molecule has 5 heteroatoms. The molecule has 28 heavy (non-hydrogen) atoms. The molecule has 2 atom stereocenters. The van der Waals surface area contributed by atoms with Gasteiger partial charge in [0.2, 0.25) is 5.78 Å². The molecule has 5 nitrogen and oxygen atoms in total. The number of allylic oxidation sites excluding steroid dienone is 3. The number of esters is 1. The Labute approximate surface area is 166 Å². The molecule has 0 aliphatic heterocycles. The smallest absolute Gasteiger partial charge is 0.303 e. The van der Waals surface area contributed by atoms with Gasteiger partial charge >= 0.3 is 5.97 Å². The van der Waals surface area contributed by atoms with E-state index in [2.05, 4.69) is 13.8 Å². The van der Waals surface area contributed by atoms with E-state index in [1.54, 1.807) is 0 Å². The van der Waals surface area contributed by atoms with Crippen molar-refractivity contribution in [3.05, 3.63) is 34.1 Å². The van der Waals surface area contributed by atoms with E-state index >= 15 is 0 Å². The lowest BCUT2D eigenvalue weighted by atomic mass is 9.53. The summed E-state index contributed by atoms with van der Waals surface area (Å²) in [6.07, 6.45) is 3.80. The number of Topliss-reactive ketones (excluding diaryl/α,β-unsaturated/α-hetero) is 2. The van der Waals surface area contributed by atoms with Crippen molar-refractivity contribution in [2.75, 3.05) is 7.11 Å². The molecule has 0 aromatic carbocycles.